The van der Waals surface area contributed by atoms with Crippen molar-refractivity contribution in [3.63, 3.8) is 0 Å². The Morgan fingerprint density at radius 1 is 0.964 bits per heavy atom. The molecule has 3 rings (SSSR count). The zero-order valence-corrected chi connectivity index (χ0v) is 15.2. The molecule has 3 aromatic rings. The molecule has 2 N–H and O–H groups in total. The lowest BCUT2D eigenvalue weighted by atomic mass is 10.2. The van der Waals surface area contributed by atoms with Crippen LogP contribution in [0.4, 0.5) is 27.6 Å². The normalized spacial score (nSPS) is 12.2. The first kappa shape index (κ1) is 20.2. The van der Waals surface area contributed by atoms with Gasteiger partial charge in [0.1, 0.15) is 16.5 Å². The molecule has 11 heteroatoms. The fourth-order valence-corrected chi connectivity index (χ4v) is 3.55. The van der Waals surface area contributed by atoms with Crippen molar-refractivity contribution in [2.45, 2.75) is 11.1 Å². The number of nitrogens with one attached hydrogen (secondary N) is 2. The van der Waals surface area contributed by atoms with Crippen molar-refractivity contribution >= 4 is 27.3 Å². The predicted octanol–water partition coefficient (Wildman–Crippen LogP) is 5.43. The van der Waals surface area contributed by atoms with Gasteiger partial charge < -0.3 is 4.98 Å². The van der Waals surface area contributed by atoms with E-state index in [1.165, 1.54) is 6.07 Å². The first-order valence-corrected chi connectivity index (χ1v) is 9.37. The molecule has 1 heterocycles. The standard InChI is InChI=1S/C17H10ClF5N2O2S/c18-10-3-1-9(2-4-10)15-5-11(8-24-15)28(26,27)25-16-7-13(19)12(6-14(16)20)17(21,22)23/h1-8,24-25H. The van der Waals surface area contributed by atoms with Gasteiger partial charge in [-0.15, -0.1) is 0 Å². The zero-order valence-electron chi connectivity index (χ0n) is 13.6. The van der Waals surface area contributed by atoms with Gasteiger partial charge in [0.05, 0.1) is 11.3 Å². The average Bonchev–Trinajstić information content (AvgIpc) is 3.08. The second-order valence-corrected chi connectivity index (χ2v) is 7.79. The zero-order chi connectivity index (χ0) is 20.7. The molecule has 0 spiro atoms. The Morgan fingerprint density at radius 2 is 1.61 bits per heavy atom. The number of benzene rings is 2. The van der Waals surface area contributed by atoms with Crippen LogP contribution < -0.4 is 4.72 Å². The molecule has 0 fully saturated rings. The summed E-state index contributed by atoms with van der Waals surface area (Å²) in [6.45, 7) is 0. The maximum atomic E-state index is 13.9. The monoisotopic (exact) mass is 436 g/mol. The summed E-state index contributed by atoms with van der Waals surface area (Å²) < 4.78 is 91.8. The summed E-state index contributed by atoms with van der Waals surface area (Å²) in [5, 5.41) is 0.477. The van der Waals surface area contributed by atoms with Crippen LogP contribution in [0.1, 0.15) is 5.56 Å². The molecule has 4 nitrogen and oxygen atoms in total. The highest BCUT2D eigenvalue weighted by Crippen LogP contribution is 2.34. The van der Waals surface area contributed by atoms with Crippen LogP contribution in [0, 0.1) is 11.6 Å². The SMILES string of the molecule is O=S(=O)(Nc1cc(F)c(C(F)(F)F)cc1F)c1c[nH]c(-c2ccc(Cl)cc2)c1. The third kappa shape index (κ3) is 4.12. The molecular weight excluding hydrogens is 427 g/mol. The smallest absolute Gasteiger partial charge is 0.360 e. The Bertz CT molecular complexity index is 1130. The van der Waals surface area contributed by atoms with Gasteiger partial charge in [-0.1, -0.05) is 23.7 Å². The minimum absolute atomic E-state index is 0.108. The van der Waals surface area contributed by atoms with E-state index in [4.69, 9.17) is 11.6 Å². The molecule has 0 aliphatic carbocycles. The Morgan fingerprint density at radius 3 is 2.21 bits per heavy atom. The van der Waals surface area contributed by atoms with E-state index in [1.54, 1.807) is 29.0 Å². The Labute approximate surface area is 161 Å². The minimum atomic E-state index is -5.11. The van der Waals surface area contributed by atoms with Crippen molar-refractivity contribution in [1.29, 1.82) is 0 Å². The maximum Gasteiger partial charge on any atom is 0.419 e. The number of hydrogen-bond acceptors (Lipinski definition) is 2. The fraction of sp³-hybridized carbons (Fsp3) is 0.0588. The van der Waals surface area contributed by atoms with Gasteiger partial charge in [-0.25, -0.2) is 17.2 Å². The van der Waals surface area contributed by atoms with Crippen molar-refractivity contribution < 1.29 is 30.4 Å². The van der Waals surface area contributed by atoms with Gasteiger partial charge in [-0.3, -0.25) is 4.72 Å². The molecule has 0 atom stereocenters. The molecule has 0 saturated carbocycles. The third-order valence-electron chi connectivity index (χ3n) is 3.73. The molecule has 148 valence electrons. The summed E-state index contributed by atoms with van der Waals surface area (Å²) in [6.07, 6.45) is -4.01. The lowest BCUT2D eigenvalue weighted by Gasteiger charge is -2.12. The van der Waals surface area contributed by atoms with Gasteiger partial charge >= 0.3 is 6.18 Å². The van der Waals surface area contributed by atoms with E-state index >= 15 is 0 Å². The summed E-state index contributed by atoms with van der Waals surface area (Å²) in [5.74, 6) is -3.37. The second-order valence-electron chi connectivity index (χ2n) is 5.67. The van der Waals surface area contributed by atoms with E-state index < -0.39 is 39.1 Å². The van der Waals surface area contributed by atoms with Crippen LogP contribution in [0.25, 0.3) is 11.3 Å². The summed E-state index contributed by atoms with van der Waals surface area (Å²) in [6, 6.07) is 7.69. The highest BCUT2D eigenvalue weighted by atomic mass is 35.5. The van der Waals surface area contributed by atoms with Gasteiger partial charge in [0, 0.05) is 23.0 Å². The van der Waals surface area contributed by atoms with Gasteiger partial charge in [0.25, 0.3) is 10.0 Å². The third-order valence-corrected chi connectivity index (χ3v) is 5.33. The number of halogens is 6. The van der Waals surface area contributed by atoms with Crippen LogP contribution in [0.3, 0.4) is 0 Å². The Hall–Kier alpha value is -2.59. The number of hydrogen-bond donors (Lipinski definition) is 2. The van der Waals surface area contributed by atoms with E-state index in [0.717, 1.165) is 6.20 Å². The molecule has 0 saturated heterocycles. The molecule has 2 aromatic carbocycles. The van der Waals surface area contributed by atoms with Crippen LogP contribution in [-0.4, -0.2) is 13.4 Å². The molecule has 0 radical (unpaired) electrons. The van der Waals surface area contributed by atoms with Crippen LogP contribution in [-0.2, 0) is 16.2 Å². The first-order chi connectivity index (χ1) is 13.0. The lowest BCUT2D eigenvalue weighted by molar-refractivity contribution is -0.140. The van der Waals surface area contributed by atoms with Crippen LogP contribution in [0.2, 0.25) is 5.02 Å². The fourth-order valence-electron chi connectivity index (χ4n) is 2.37. The van der Waals surface area contributed by atoms with Crippen molar-refractivity contribution in [3.8, 4) is 11.3 Å². The molecule has 0 aliphatic heterocycles. The first-order valence-electron chi connectivity index (χ1n) is 7.51. The Kier molecular flexibility index (Phi) is 5.11. The molecule has 0 aliphatic rings. The highest BCUT2D eigenvalue weighted by molar-refractivity contribution is 7.92. The van der Waals surface area contributed by atoms with E-state index in [1.807, 2.05) is 0 Å². The second kappa shape index (κ2) is 7.10. The number of sulfonamides is 1. The number of aromatic amines is 1. The van der Waals surface area contributed by atoms with Gasteiger partial charge in [0.15, 0.2) is 0 Å². The number of anilines is 1. The topological polar surface area (TPSA) is 62.0 Å². The van der Waals surface area contributed by atoms with E-state index in [-0.39, 0.29) is 17.0 Å². The molecule has 0 bridgehead atoms. The quantitative estimate of drug-likeness (QED) is 0.535. The summed E-state index contributed by atoms with van der Waals surface area (Å²) in [5.41, 5.74) is -1.77. The molecule has 0 unspecified atom stereocenters. The molecule has 28 heavy (non-hydrogen) atoms. The van der Waals surface area contributed by atoms with Crippen LogP contribution >= 0.6 is 11.6 Å². The highest BCUT2D eigenvalue weighted by Gasteiger charge is 2.35. The average molecular weight is 437 g/mol. The van der Waals surface area contributed by atoms with E-state index in [9.17, 15) is 30.4 Å². The summed E-state index contributed by atoms with van der Waals surface area (Å²) in [7, 11) is -4.39. The number of H-pyrrole nitrogens is 1. The van der Waals surface area contributed by atoms with Crippen molar-refractivity contribution in [2.24, 2.45) is 0 Å². The largest absolute Gasteiger partial charge is 0.419 e. The maximum absolute atomic E-state index is 13.9. The number of aromatic nitrogens is 1. The number of alkyl halides is 3. The summed E-state index contributed by atoms with van der Waals surface area (Å²) in [4.78, 5) is 2.39. The van der Waals surface area contributed by atoms with Crippen LogP contribution in [0.5, 0.6) is 0 Å². The minimum Gasteiger partial charge on any atom is -0.360 e. The van der Waals surface area contributed by atoms with E-state index in [0.29, 0.717) is 16.3 Å². The number of rotatable bonds is 4. The lowest BCUT2D eigenvalue weighted by Crippen LogP contribution is -2.15. The molecular formula is C17H10ClF5N2O2S. The van der Waals surface area contributed by atoms with Crippen molar-refractivity contribution in [3.05, 3.63) is 70.9 Å². The molecule has 1 aromatic heterocycles. The van der Waals surface area contributed by atoms with Crippen molar-refractivity contribution in [2.75, 3.05) is 4.72 Å². The summed E-state index contributed by atoms with van der Waals surface area (Å²) >= 11 is 5.78. The predicted molar refractivity (Wildman–Crippen MR) is 93.4 cm³/mol. The van der Waals surface area contributed by atoms with E-state index in [2.05, 4.69) is 4.98 Å². The van der Waals surface area contributed by atoms with Crippen molar-refractivity contribution in [1.82, 2.24) is 4.98 Å². The molecule has 0 amide bonds. The van der Waals surface area contributed by atoms with Gasteiger partial charge in [-0.2, -0.15) is 13.2 Å². The Balaban J connectivity index is 1.91. The van der Waals surface area contributed by atoms with Crippen LogP contribution in [0.15, 0.2) is 53.6 Å². The van der Waals surface area contributed by atoms with Gasteiger partial charge in [0.2, 0.25) is 0 Å². The van der Waals surface area contributed by atoms with Gasteiger partial charge in [-0.05, 0) is 29.8 Å².